The van der Waals surface area contributed by atoms with Crippen LogP contribution in [0.4, 0.5) is 10.1 Å². The molecule has 18 heavy (non-hydrogen) atoms. The Hall–Kier alpha value is -0.300. The Balaban J connectivity index is 1.90. The lowest BCUT2D eigenvalue weighted by molar-refractivity contribution is -0.117. The quantitative estimate of drug-likeness (QED) is 0.808. The first kappa shape index (κ1) is 14.1. The maximum atomic E-state index is 12.9. The van der Waals surface area contributed by atoms with Gasteiger partial charge in [-0.05, 0) is 71.1 Å². The van der Waals surface area contributed by atoms with Crippen molar-refractivity contribution >= 4 is 45.9 Å². The van der Waals surface area contributed by atoms with E-state index in [4.69, 9.17) is 0 Å². The molecule has 98 valence electrons. The lowest BCUT2D eigenvalue weighted by Gasteiger charge is -2.20. The number of carbonyl (C=O) groups excluding carboxylic acids is 1. The van der Waals surface area contributed by atoms with Crippen LogP contribution in [0.1, 0.15) is 19.3 Å². The van der Waals surface area contributed by atoms with Gasteiger partial charge in [0.05, 0.1) is 5.69 Å². The van der Waals surface area contributed by atoms with E-state index in [1.54, 1.807) is 6.07 Å². The SMILES string of the molecule is O=C(CC1CCSCC1)Nc1ccc(F)cc1I. The van der Waals surface area contributed by atoms with Crippen LogP contribution in [0, 0.1) is 15.3 Å². The van der Waals surface area contributed by atoms with E-state index in [0.29, 0.717) is 18.0 Å². The number of halogens is 2. The Bertz CT molecular complexity index is 435. The summed E-state index contributed by atoms with van der Waals surface area (Å²) in [7, 11) is 0. The molecule has 5 heteroatoms. The summed E-state index contributed by atoms with van der Waals surface area (Å²) in [6.45, 7) is 0. The fourth-order valence-corrected chi connectivity index (χ4v) is 3.82. The van der Waals surface area contributed by atoms with Crippen LogP contribution in [0.15, 0.2) is 18.2 Å². The molecule has 0 saturated carbocycles. The highest BCUT2D eigenvalue weighted by Crippen LogP contribution is 2.26. The van der Waals surface area contributed by atoms with Gasteiger partial charge in [0, 0.05) is 9.99 Å². The van der Waals surface area contributed by atoms with Crippen LogP contribution in [0.25, 0.3) is 0 Å². The zero-order valence-corrected chi connectivity index (χ0v) is 12.9. The molecule has 1 aromatic rings. The van der Waals surface area contributed by atoms with Gasteiger partial charge in [0.1, 0.15) is 5.82 Å². The van der Waals surface area contributed by atoms with Crippen LogP contribution >= 0.6 is 34.4 Å². The summed E-state index contributed by atoms with van der Waals surface area (Å²) < 4.78 is 13.7. The molecule has 1 aliphatic rings. The van der Waals surface area contributed by atoms with E-state index >= 15 is 0 Å². The van der Waals surface area contributed by atoms with Crippen molar-refractivity contribution in [2.24, 2.45) is 5.92 Å². The monoisotopic (exact) mass is 379 g/mol. The Kier molecular flexibility index (Phi) is 5.29. The summed E-state index contributed by atoms with van der Waals surface area (Å²) in [4.78, 5) is 11.9. The molecule has 1 N–H and O–H groups in total. The first-order valence-corrected chi connectivity index (χ1v) is 8.21. The van der Waals surface area contributed by atoms with Crippen molar-refractivity contribution in [2.45, 2.75) is 19.3 Å². The number of hydrogen-bond donors (Lipinski definition) is 1. The standard InChI is InChI=1S/C13H15FINOS/c14-10-1-2-12(11(15)8-10)16-13(17)7-9-3-5-18-6-4-9/h1-2,8-9H,3-7H2,(H,16,17). The van der Waals surface area contributed by atoms with E-state index in [2.05, 4.69) is 5.32 Å². The zero-order valence-electron chi connectivity index (χ0n) is 9.92. The van der Waals surface area contributed by atoms with Crippen molar-refractivity contribution in [3.05, 3.63) is 27.6 Å². The Morgan fingerprint density at radius 2 is 2.17 bits per heavy atom. The third-order valence-electron chi connectivity index (χ3n) is 3.02. The summed E-state index contributed by atoms with van der Waals surface area (Å²) in [5.74, 6) is 2.58. The topological polar surface area (TPSA) is 29.1 Å². The molecule has 0 unspecified atom stereocenters. The molecule has 0 radical (unpaired) electrons. The van der Waals surface area contributed by atoms with E-state index in [1.807, 2.05) is 34.4 Å². The van der Waals surface area contributed by atoms with Crippen molar-refractivity contribution in [1.29, 1.82) is 0 Å². The van der Waals surface area contributed by atoms with Gasteiger partial charge >= 0.3 is 0 Å². The van der Waals surface area contributed by atoms with E-state index < -0.39 is 0 Å². The van der Waals surface area contributed by atoms with Crippen molar-refractivity contribution in [3.8, 4) is 0 Å². The molecule has 0 spiro atoms. The minimum atomic E-state index is -0.276. The van der Waals surface area contributed by atoms with Gasteiger partial charge in [0.2, 0.25) is 5.91 Å². The van der Waals surface area contributed by atoms with Crippen molar-refractivity contribution in [2.75, 3.05) is 16.8 Å². The van der Waals surface area contributed by atoms with Crippen LogP contribution in [0.2, 0.25) is 0 Å². The first-order valence-electron chi connectivity index (χ1n) is 5.98. The second-order valence-corrected chi connectivity index (χ2v) is 6.82. The number of thioether (sulfide) groups is 1. The minimum Gasteiger partial charge on any atom is -0.325 e. The Morgan fingerprint density at radius 3 is 2.83 bits per heavy atom. The second kappa shape index (κ2) is 6.75. The van der Waals surface area contributed by atoms with Gasteiger partial charge < -0.3 is 5.32 Å². The maximum Gasteiger partial charge on any atom is 0.224 e. The molecular weight excluding hydrogens is 364 g/mol. The summed E-state index contributed by atoms with van der Waals surface area (Å²) in [5, 5.41) is 2.86. The zero-order chi connectivity index (χ0) is 13.0. The fourth-order valence-electron chi connectivity index (χ4n) is 2.00. The predicted molar refractivity (Wildman–Crippen MR) is 82.4 cm³/mol. The Morgan fingerprint density at radius 1 is 1.44 bits per heavy atom. The number of rotatable bonds is 3. The van der Waals surface area contributed by atoms with Crippen molar-refractivity contribution < 1.29 is 9.18 Å². The van der Waals surface area contributed by atoms with E-state index in [1.165, 1.54) is 12.1 Å². The average molecular weight is 379 g/mol. The van der Waals surface area contributed by atoms with Gasteiger partial charge in [0.15, 0.2) is 0 Å². The summed E-state index contributed by atoms with van der Waals surface area (Å²) in [6, 6.07) is 4.41. The molecule has 1 amide bonds. The summed E-state index contributed by atoms with van der Waals surface area (Å²) in [5.41, 5.74) is 0.701. The van der Waals surface area contributed by atoms with Gasteiger partial charge in [-0.1, -0.05) is 0 Å². The maximum absolute atomic E-state index is 12.9. The first-order chi connectivity index (χ1) is 8.65. The summed E-state index contributed by atoms with van der Waals surface area (Å²) >= 11 is 3.99. The molecule has 1 aliphatic heterocycles. The normalized spacial score (nSPS) is 16.6. The van der Waals surface area contributed by atoms with Crippen LogP contribution in [0.3, 0.4) is 0 Å². The van der Waals surface area contributed by atoms with Crippen LogP contribution in [-0.4, -0.2) is 17.4 Å². The Labute approximate surface area is 124 Å². The number of hydrogen-bond acceptors (Lipinski definition) is 2. The summed E-state index contributed by atoms with van der Waals surface area (Å²) in [6.07, 6.45) is 2.82. The molecule has 1 saturated heterocycles. The smallest absolute Gasteiger partial charge is 0.224 e. The fraction of sp³-hybridized carbons (Fsp3) is 0.462. The lowest BCUT2D eigenvalue weighted by atomic mass is 9.98. The van der Waals surface area contributed by atoms with E-state index in [0.717, 1.165) is 27.9 Å². The number of nitrogens with one attached hydrogen (secondary N) is 1. The molecule has 1 fully saturated rings. The predicted octanol–water partition coefficient (Wildman–Crippen LogP) is 3.90. The van der Waals surface area contributed by atoms with E-state index in [9.17, 15) is 9.18 Å². The number of amides is 1. The molecule has 1 aromatic carbocycles. The number of benzene rings is 1. The number of anilines is 1. The third-order valence-corrected chi connectivity index (χ3v) is 4.96. The molecule has 0 aliphatic carbocycles. The lowest BCUT2D eigenvalue weighted by Crippen LogP contribution is -2.20. The molecule has 0 atom stereocenters. The van der Waals surface area contributed by atoms with Gasteiger partial charge in [0.25, 0.3) is 0 Å². The van der Waals surface area contributed by atoms with Gasteiger partial charge in [-0.25, -0.2) is 4.39 Å². The third kappa shape index (κ3) is 4.12. The highest BCUT2D eigenvalue weighted by Gasteiger charge is 2.17. The molecular formula is C13H15FINOS. The molecule has 2 nitrogen and oxygen atoms in total. The number of carbonyl (C=O) groups is 1. The largest absolute Gasteiger partial charge is 0.325 e. The van der Waals surface area contributed by atoms with Crippen molar-refractivity contribution in [1.82, 2.24) is 0 Å². The van der Waals surface area contributed by atoms with E-state index in [-0.39, 0.29) is 11.7 Å². The second-order valence-electron chi connectivity index (χ2n) is 4.43. The molecule has 0 aromatic heterocycles. The average Bonchev–Trinajstić information content (AvgIpc) is 2.34. The molecule has 0 bridgehead atoms. The van der Waals surface area contributed by atoms with Gasteiger partial charge in [-0.15, -0.1) is 0 Å². The molecule has 2 rings (SSSR count). The van der Waals surface area contributed by atoms with Crippen molar-refractivity contribution in [3.63, 3.8) is 0 Å². The highest BCUT2D eigenvalue weighted by atomic mass is 127. The molecule has 1 heterocycles. The van der Waals surface area contributed by atoms with Crippen LogP contribution in [-0.2, 0) is 4.79 Å². The minimum absolute atomic E-state index is 0.0384. The van der Waals surface area contributed by atoms with Gasteiger partial charge in [-0.3, -0.25) is 4.79 Å². The highest BCUT2D eigenvalue weighted by molar-refractivity contribution is 14.1. The van der Waals surface area contributed by atoms with Crippen LogP contribution in [0.5, 0.6) is 0 Å². The van der Waals surface area contributed by atoms with Crippen LogP contribution < -0.4 is 5.32 Å². The van der Waals surface area contributed by atoms with Gasteiger partial charge in [-0.2, -0.15) is 11.8 Å².